The quantitative estimate of drug-likeness (QED) is 0.312. The highest BCUT2D eigenvalue weighted by molar-refractivity contribution is 5.71. The Labute approximate surface area is 211 Å². The summed E-state index contributed by atoms with van der Waals surface area (Å²) >= 11 is 0. The van der Waals surface area contributed by atoms with E-state index < -0.39 is 29.4 Å². The molecule has 0 heterocycles. The van der Waals surface area contributed by atoms with Gasteiger partial charge in [-0.15, -0.1) is 0 Å². The number of aliphatic hydroxyl groups is 1. The molecular weight excluding hydrogens is 440 g/mol. The molecule has 0 aromatic rings. The van der Waals surface area contributed by atoms with Gasteiger partial charge in [0.05, 0.1) is 12.0 Å². The molecule has 0 unspecified atom stereocenters. The minimum atomic E-state index is -0.784. The summed E-state index contributed by atoms with van der Waals surface area (Å²) in [5, 5.41) is 31.3. The number of aliphatic hydroxyl groups excluding tert-OH is 1. The summed E-state index contributed by atoms with van der Waals surface area (Å²) in [5.74, 6) is -1.90. The lowest BCUT2D eigenvalue weighted by Gasteiger charge is -2.58. The van der Waals surface area contributed by atoms with Crippen LogP contribution in [0.25, 0.3) is 0 Å². The monoisotopic (exact) mass is 486 g/mol. The molecule has 3 aliphatic rings. The fourth-order valence-electron chi connectivity index (χ4n) is 8.34. The van der Waals surface area contributed by atoms with Gasteiger partial charge in [-0.05, 0) is 94.8 Å². The van der Waals surface area contributed by atoms with Gasteiger partial charge >= 0.3 is 11.9 Å². The van der Waals surface area contributed by atoms with Crippen LogP contribution in [0.5, 0.6) is 0 Å². The summed E-state index contributed by atoms with van der Waals surface area (Å²) in [6, 6.07) is 0. The van der Waals surface area contributed by atoms with Gasteiger partial charge in [0.1, 0.15) is 0 Å². The van der Waals surface area contributed by atoms with Crippen LogP contribution in [0.4, 0.5) is 0 Å². The SMILES string of the molecule is C=C(C)[C@@H]1CCC2=C(CC[C@]3(C)[C@@H]([C@@H](CCC=C(C)C)C(=O)O)C[C@H](O)[C@@]23C)[C@@]1(C)CCC(=O)O. The molecule has 0 spiro atoms. The van der Waals surface area contributed by atoms with Gasteiger partial charge in [-0.1, -0.05) is 55.7 Å². The van der Waals surface area contributed by atoms with Crippen molar-refractivity contribution in [2.24, 2.45) is 34.0 Å². The minimum absolute atomic E-state index is 0.0937. The van der Waals surface area contributed by atoms with Crippen LogP contribution in [0, 0.1) is 34.0 Å². The third-order valence-electron chi connectivity index (χ3n) is 10.5. The molecule has 5 heteroatoms. The van der Waals surface area contributed by atoms with Crippen molar-refractivity contribution in [3.8, 4) is 0 Å². The lowest BCUT2D eigenvalue weighted by atomic mass is 9.46. The number of hydrogen-bond donors (Lipinski definition) is 3. The second-order valence-electron chi connectivity index (χ2n) is 12.5. The second kappa shape index (κ2) is 9.88. The predicted molar refractivity (Wildman–Crippen MR) is 139 cm³/mol. The Morgan fingerprint density at radius 1 is 1.11 bits per heavy atom. The lowest BCUT2D eigenvalue weighted by molar-refractivity contribution is -0.146. The molecule has 35 heavy (non-hydrogen) atoms. The van der Waals surface area contributed by atoms with Gasteiger partial charge in [-0.2, -0.15) is 0 Å². The van der Waals surface area contributed by atoms with E-state index in [2.05, 4.69) is 33.4 Å². The zero-order valence-corrected chi connectivity index (χ0v) is 22.6. The maximum Gasteiger partial charge on any atom is 0.306 e. The molecule has 3 rings (SSSR count). The first-order valence-electron chi connectivity index (χ1n) is 13.3. The van der Waals surface area contributed by atoms with Crippen LogP contribution < -0.4 is 0 Å². The molecule has 0 amide bonds. The minimum Gasteiger partial charge on any atom is -0.481 e. The summed E-state index contributed by atoms with van der Waals surface area (Å²) in [5.41, 5.74) is 3.77. The Bertz CT molecular complexity index is 940. The van der Waals surface area contributed by atoms with Gasteiger partial charge in [0.2, 0.25) is 0 Å². The number of allylic oxidation sites excluding steroid dienone is 4. The number of carbonyl (C=O) groups is 2. The fraction of sp³-hybridized carbons (Fsp3) is 0.733. The highest BCUT2D eigenvalue weighted by Crippen LogP contribution is 2.71. The standard InChI is InChI=1S/C30H46O5/c1-18(2)9-8-10-20(27(34)35)24-17-25(31)30(7)23-12-11-21(19(3)4)28(5,15-14-26(32)33)22(23)13-16-29(24,30)6/h9,20-21,24-25,31H,3,8,10-17H2,1-2,4-7H3,(H,32,33)(H,34,35)/t20-,21+,24-,25+,28+,29-,30-/m1/s1. The second-order valence-corrected chi connectivity index (χ2v) is 12.5. The van der Waals surface area contributed by atoms with E-state index in [1.54, 1.807) is 0 Å². The first-order valence-corrected chi connectivity index (χ1v) is 13.3. The maximum atomic E-state index is 12.5. The lowest BCUT2D eigenvalue weighted by Crippen LogP contribution is -2.51. The van der Waals surface area contributed by atoms with E-state index in [0.717, 1.165) is 37.7 Å². The van der Waals surface area contributed by atoms with Crippen LogP contribution in [0.2, 0.25) is 0 Å². The van der Waals surface area contributed by atoms with Crippen LogP contribution in [0.1, 0.15) is 99.3 Å². The molecule has 0 aliphatic heterocycles. The van der Waals surface area contributed by atoms with Crippen molar-refractivity contribution < 1.29 is 24.9 Å². The fourth-order valence-corrected chi connectivity index (χ4v) is 8.34. The molecule has 0 bridgehead atoms. The van der Waals surface area contributed by atoms with Crippen LogP contribution in [-0.4, -0.2) is 33.4 Å². The third-order valence-corrected chi connectivity index (χ3v) is 10.5. The van der Waals surface area contributed by atoms with E-state index in [9.17, 15) is 24.9 Å². The van der Waals surface area contributed by atoms with Gasteiger partial charge in [0.25, 0.3) is 0 Å². The highest BCUT2D eigenvalue weighted by atomic mass is 16.4. The molecule has 3 N–H and O–H groups in total. The molecule has 196 valence electrons. The zero-order chi connectivity index (χ0) is 26.3. The van der Waals surface area contributed by atoms with Crippen molar-refractivity contribution in [3.63, 3.8) is 0 Å². The van der Waals surface area contributed by atoms with Crippen LogP contribution in [-0.2, 0) is 9.59 Å². The first-order chi connectivity index (χ1) is 16.2. The highest BCUT2D eigenvalue weighted by Gasteiger charge is 2.66. The molecule has 0 aromatic carbocycles. The Balaban J connectivity index is 2.07. The van der Waals surface area contributed by atoms with Gasteiger partial charge in [-0.3, -0.25) is 9.59 Å². The molecule has 3 aliphatic carbocycles. The van der Waals surface area contributed by atoms with Gasteiger partial charge in [0, 0.05) is 11.8 Å². The number of fused-ring (bicyclic) bond motifs is 2. The third kappa shape index (κ3) is 4.54. The smallest absolute Gasteiger partial charge is 0.306 e. The summed E-state index contributed by atoms with van der Waals surface area (Å²) < 4.78 is 0. The van der Waals surface area contributed by atoms with E-state index in [1.807, 2.05) is 20.8 Å². The zero-order valence-electron chi connectivity index (χ0n) is 22.6. The van der Waals surface area contributed by atoms with Gasteiger partial charge < -0.3 is 15.3 Å². The molecule has 0 radical (unpaired) electrons. The Morgan fingerprint density at radius 2 is 1.77 bits per heavy atom. The largest absolute Gasteiger partial charge is 0.481 e. The van der Waals surface area contributed by atoms with E-state index >= 15 is 0 Å². The normalized spacial score (nSPS) is 37.3. The molecule has 7 atom stereocenters. The number of carboxylic acid groups (broad SMARTS) is 2. The predicted octanol–water partition coefficient (Wildman–Crippen LogP) is 6.77. The summed E-state index contributed by atoms with van der Waals surface area (Å²) in [7, 11) is 0. The molecule has 0 saturated heterocycles. The Hall–Kier alpha value is -1.88. The number of aliphatic carboxylic acids is 2. The van der Waals surface area contributed by atoms with E-state index in [-0.39, 0.29) is 29.1 Å². The molecule has 5 nitrogen and oxygen atoms in total. The topological polar surface area (TPSA) is 94.8 Å². The van der Waals surface area contributed by atoms with Crippen molar-refractivity contribution in [2.45, 2.75) is 105 Å². The summed E-state index contributed by atoms with van der Waals surface area (Å²) in [6.45, 7) is 17.0. The average Bonchev–Trinajstić information content (AvgIpc) is 2.96. The first kappa shape index (κ1) is 27.7. The van der Waals surface area contributed by atoms with Crippen molar-refractivity contribution >= 4 is 11.9 Å². The van der Waals surface area contributed by atoms with Crippen molar-refractivity contribution in [1.29, 1.82) is 0 Å². The van der Waals surface area contributed by atoms with E-state index in [4.69, 9.17) is 0 Å². The molecule has 1 fully saturated rings. The summed E-state index contributed by atoms with van der Waals surface area (Å²) in [6.07, 6.45) is 7.43. The maximum absolute atomic E-state index is 12.5. The number of rotatable bonds is 9. The van der Waals surface area contributed by atoms with E-state index in [1.165, 1.54) is 16.7 Å². The van der Waals surface area contributed by atoms with Crippen molar-refractivity contribution in [1.82, 2.24) is 0 Å². The number of hydrogen-bond acceptors (Lipinski definition) is 3. The molecule has 1 saturated carbocycles. The van der Waals surface area contributed by atoms with Crippen molar-refractivity contribution in [3.05, 3.63) is 34.9 Å². The van der Waals surface area contributed by atoms with Gasteiger partial charge in [0.15, 0.2) is 0 Å². The number of carboxylic acids is 2. The van der Waals surface area contributed by atoms with Crippen LogP contribution >= 0.6 is 0 Å². The van der Waals surface area contributed by atoms with Crippen molar-refractivity contribution in [2.75, 3.05) is 0 Å². The van der Waals surface area contributed by atoms with Crippen LogP contribution in [0.15, 0.2) is 34.9 Å². The average molecular weight is 487 g/mol. The van der Waals surface area contributed by atoms with E-state index in [0.29, 0.717) is 19.3 Å². The Kier molecular flexibility index (Phi) is 7.82. The molecular formula is C30H46O5. The Morgan fingerprint density at radius 3 is 2.31 bits per heavy atom. The van der Waals surface area contributed by atoms with Gasteiger partial charge in [-0.25, -0.2) is 0 Å². The van der Waals surface area contributed by atoms with Crippen LogP contribution in [0.3, 0.4) is 0 Å². The molecule has 0 aromatic heterocycles. The summed E-state index contributed by atoms with van der Waals surface area (Å²) in [4.78, 5) is 24.0.